The van der Waals surface area contributed by atoms with Gasteiger partial charge in [-0.15, -0.1) is 5.10 Å². The first-order valence-electron chi connectivity index (χ1n) is 5.61. The number of rotatable bonds is 6. The Balaban J connectivity index is 2.81. The van der Waals surface area contributed by atoms with Crippen LogP contribution in [0.25, 0.3) is 0 Å². The smallest absolute Gasteiger partial charge is 0.326 e. The maximum absolute atomic E-state index is 12.0. The van der Waals surface area contributed by atoms with Crippen LogP contribution in [-0.4, -0.2) is 56.5 Å². The molecule has 18 heavy (non-hydrogen) atoms. The van der Waals surface area contributed by atoms with Gasteiger partial charge in [0.15, 0.2) is 5.69 Å². The maximum atomic E-state index is 12.0. The van der Waals surface area contributed by atoms with Crippen LogP contribution in [0.3, 0.4) is 0 Å². The number of aliphatic carboxylic acids is 1. The molecule has 0 radical (unpaired) electrons. The fourth-order valence-electron chi connectivity index (χ4n) is 1.57. The Bertz CT molecular complexity index is 431. The van der Waals surface area contributed by atoms with E-state index in [1.54, 1.807) is 6.92 Å². The van der Waals surface area contributed by atoms with Gasteiger partial charge in [0.2, 0.25) is 0 Å². The largest absolute Gasteiger partial charge is 0.480 e. The van der Waals surface area contributed by atoms with Crippen molar-refractivity contribution in [3.8, 4) is 0 Å². The lowest BCUT2D eigenvalue weighted by Gasteiger charge is -2.22. The van der Waals surface area contributed by atoms with Crippen molar-refractivity contribution in [3.63, 3.8) is 0 Å². The van der Waals surface area contributed by atoms with E-state index in [4.69, 9.17) is 10.8 Å². The molecule has 0 spiro atoms. The standard InChI is InChI=1S/C10H17N5O3/c1-3-8(10(17)18)14(2)9(16)7-6-15(5-4-11)13-12-7/h6,8H,3-5,11H2,1-2H3,(H,17,18). The number of amides is 1. The summed E-state index contributed by atoms with van der Waals surface area (Å²) < 4.78 is 1.45. The lowest BCUT2D eigenvalue weighted by Crippen LogP contribution is -2.42. The number of carboxylic acid groups (broad SMARTS) is 1. The summed E-state index contributed by atoms with van der Waals surface area (Å²) in [5, 5.41) is 16.4. The predicted octanol–water partition coefficient (Wildman–Crippen LogP) is -0.828. The number of likely N-dealkylation sites (N-methyl/N-ethyl adjacent to an activating group) is 1. The van der Waals surface area contributed by atoms with E-state index in [2.05, 4.69) is 10.3 Å². The lowest BCUT2D eigenvalue weighted by atomic mass is 10.2. The zero-order valence-corrected chi connectivity index (χ0v) is 10.4. The number of carboxylic acids is 1. The molecule has 0 fully saturated rings. The molecule has 0 bridgehead atoms. The van der Waals surface area contributed by atoms with Crippen molar-refractivity contribution in [1.82, 2.24) is 19.9 Å². The van der Waals surface area contributed by atoms with E-state index in [-0.39, 0.29) is 5.69 Å². The fraction of sp³-hybridized carbons (Fsp3) is 0.600. The number of carbonyl (C=O) groups is 2. The van der Waals surface area contributed by atoms with Gasteiger partial charge in [-0.05, 0) is 6.42 Å². The molecule has 8 nitrogen and oxygen atoms in total. The molecule has 0 saturated heterocycles. The molecule has 8 heteroatoms. The highest BCUT2D eigenvalue weighted by Crippen LogP contribution is 2.07. The molecule has 1 amide bonds. The summed E-state index contributed by atoms with van der Waals surface area (Å²) in [6.07, 6.45) is 1.79. The first kappa shape index (κ1) is 14.1. The number of nitrogens with two attached hydrogens (primary N) is 1. The van der Waals surface area contributed by atoms with Crippen molar-refractivity contribution in [2.75, 3.05) is 13.6 Å². The highest BCUT2D eigenvalue weighted by molar-refractivity contribution is 5.94. The molecule has 1 unspecified atom stereocenters. The number of hydrogen-bond acceptors (Lipinski definition) is 5. The molecule has 100 valence electrons. The molecule has 1 aromatic heterocycles. The number of aromatic nitrogens is 3. The van der Waals surface area contributed by atoms with Crippen molar-refractivity contribution in [1.29, 1.82) is 0 Å². The van der Waals surface area contributed by atoms with Crippen molar-refractivity contribution < 1.29 is 14.7 Å². The van der Waals surface area contributed by atoms with Crippen LogP contribution in [0.1, 0.15) is 23.8 Å². The summed E-state index contributed by atoms with van der Waals surface area (Å²) in [6.45, 7) is 2.55. The third kappa shape index (κ3) is 3.04. The third-order valence-electron chi connectivity index (χ3n) is 2.58. The van der Waals surface area contributed by atoms with Crippen LogP contribution in [-0.2, 0) is 11.3 Å². The van der Waals surface area contributed by atoms with Gasteiger partial charge in [0, 0.05) is 13.6 Å². The highest BCUT2D eigenvalue weighted by Gasteiger charge is 2.27. The van der Waals surface area contributed by atoms with Crippen LogP contribution in [0, 0.1) is 0 Å². The zero-order valence-electron chi connectivity index (χ0n) is 10.4. The summed E-state index contributed by atoms with van der Waals surface area (Å²) in [6, 6.07) is -0.864. The summed E-state index contributed by atoms with van der Waals surface area (Å²) in [7, 11) is 1.44. The Hall–Kier alpha value is -1.96. The molecule has 0 aliphatic heterocycles. The number of hydrogen-bond donors (Lipinski definition) is 2. The molecular formula is C10H17N5O3. The van der Waals surface area contributed by atoms with Crippen LogP contribution in [0.4, 0.5) is 0 Å². The molecule has 1 aromatic rings. The molecule has 3 N–H and O–H groups in total. The van der Waals surface area contributed by atoms with Gasteiger partial charge < -0.3 is 15.7 Å². The van der Waals surface area contributed by atoms with E-state index < -0.39 is 17.9 Å². The molecule has 0 saturated carbocycles. The van der Waals surface area contributed by atoms with Gasteiger partial charge in [0.05, 0.1) is 12.7 Å². The van der Waals surface area contributed by atoms with Gasteiger partial charge >= 0.3 is 5.97 Å². The minimum Gasteiger partial charge on any atom is -0.480 e. The summed E-state index contributed by atoms with van der Waals surface area (Å²) in [5.74, 6) is -1.50. The van der Waals surface area contributed by atoms with Gasteiger partial charge in [-0.25, -0.2) is 4.79 Å². The topological polar surface area (TPSA) is 114 Å². The van der Waals surface area contributed by atoms with Crippen molar-refractivity contribution in [2.45, 2.75) is 25.9 Å². The third-order valence-corrected chi connectivity index (χ3v) is 2.58. The second kappa shape index (κ2) is 6.10. The Morgan fingerprint density at radius 3 is 2.78 bits per heavy atom. The summed E-state index contributed by atoms with van der Waals surface area (Å²) >= 11 is 0. The summed E-state index contributed by atoms with van der Waals surface area (Å²) in [4.78, 5) is 24.1. The normalized spacial score (nSPS) is 12.2. The van der Waals surface area contributed by atoms with Crippen LogP contribution in [0.2, 0.25) is 0 Å². The highest BCUT2D eigenvalue weighted by atomic mass is 16.4. The Morgan fingerprint density at radius 2 is 2.28 bits per heavy atom. The predicted molar refractivity (Wildman–Crippen MR) is 62.9 cm³/mol. The van der Waals surface area contributed by atoms with Crippen molar-refractivity contribution in [2.24, 2.45) is 5.73 Å². The van der Waals surface area contributed by atoms with Gasteiger partial charge in [0.1, 0.15) is 6.04 Å². The molecule has 0 aromatic carbocycles. The van der Waals surface area contributed by atoms with Crippen LogP contribution in [0.15, 0.2) is 6.20 Å². The quantitative estimate of drug-likeness (QED) is 0.685. The molecule has 1 heterocycles. The lowest BCUT2D eigenvalue weighted by molar-refractivity contribution is -0.142. The Morgan fingerprint density at radius 1 is 1.61 bits per heavy atom. The SMILES string of the molecule is CCC(C(=O)O)N(C)C(=O)c1cn(CCN)nn1. The first-order valence-corrected chi connectivity index (χ1v) is 5.61. The monoisotopic (exact) mass is 255 g/mol. The molecule has 1 rings (SSSR count). The van der Waals surface area contributed by atoms with E-state index in [0.717, 1.165) is 4.90 Å². The molecule has 1 atom stereocenters. The Kier molecular flexibility index (Phi) is 4.78. The summed E-state index contributed by atoms with van der Waals surface area (Å²) in [5.41, 5.74) is 5.47. The number of carbonyl (C=O) groups excluding carboxylic acids is 1. The fourth-order valence-corrected chi connectivity index (χ4v) is 1.57. The van der Waals surface area contributed by atoms with Gasteiger partial charge in [-0.1, -0.05) is 12.1 Å². The average molecular weight is 255 g/mol. The average Bonchev–Trinajstić information content (AvgIpc) is 2.77. The zero-order chi connectivity index (χ0) is 13.7. The van der Waals surface area contributed by atoms with Crippen molar-refractivity contribution >= 4 is 11.9 Å². The first-order chi connectivity index (χ1) is 8.51. The molecular weight excluding hydrogens is 238 g/mol. The molecule has 0 aliphatic rings. The maximum Gasteiger partial charge on any atom is 0.326 e. The van der Waals surface area contributed by atoms with E-state index in [9.17, 15) is 9.59 Å². The van der Waals surface area contributed by atoms with E-state index in [1.807, 2.05) is 0 Å². The van der Waals surface area contributed by atoms with E-state index >= 15 is 0 Å². The van der Waals surface area contributed by atoms with Gasteiger partial charge in [0.25, 0.3) is 5.91 Å². The second-order valence-electron chi connectivity index (χ2n) is 3.83. The van der Waals surface area contributed by atoms with Gasteiger partial charge in [-0.3, -0.25) is 9.48 Å². The Labute approximate surface area is 104 Å². The van der Waals surface area contributed by atoms with Crippen LogP contribution in [0.5, 0.6) is 0 Å². The minimum absolute atomic E-state index is 0.116. The van der Waals surface area contributed by atoms with E-state index in [1.165, 1.54) is 17.9 Å². The molecule has 0 aliphatic carbocycles. The van der Waals surface area contributed by atoms with Crippen LogP contribution >= 0.6 is 0 Å². The van der Waals surface area contributed by atoms with Gasteiger partial charge in [-0.2, -0.15) is 0 Å². The van der Waals surface area contributed by atoms with Crippen molar-refractivity contribution in [3.05, 3.63) is 11.9 Å². The van der Waals surface area contributed by atoms with E-state index in [0.29, 0.717) is 19.5 Å². The minimum atomic E-state index is -1.04. The number of nitrogens with zero attached hydrogens (tertiary/aromatic N) is 4. The van der Waals surface area contributed by atoms with Crippen LogP contribution < -0.4 is 5.73 Å². The second-order valence-corrected chi connectivity index (χ2v) is 3.83.